The van der Waals surface area contributed by atoms with Gasteiger partial charge in [-0.3, -0.25) is 4.79 Å². The average molecular weight is 334 g/mol. The molecule has 0 fully saturated rings. The van der Waals surface area contributed by atoms with Gasteiger partial charge in [0.25, 0.3) is 5.91 Å². The first-order valence-corrected chi connectivity index (χ1v) is 8.85. The number of carbonyl (C=O) groups is 1. The fourth-order valence-corrected chi connectivity index (χ4v) is 2.43. The largest absolute Gasteiger partial charge is 0.350 e. The van der Waals surface area contributed by atoms with Crippen LogP contribution in [0.4, 0.5) is 0 Å². The molecule has 0 heterocycles. The van der Waals surface area contributed by atoms with Crippen molar-refractivity contribution in [2.24, 2.45) is 11.5 Å². The van der Waals surface area contributed by atoms with E-state index in [2.05, 4.69) is 52.9 Å². The summed E-state index contributed by atoms with van der Waals surface area (Å²) in [6, 6.07) is 6.15. The molecule has 0 saturated carbocycles. The van der Waals surface area contributed by atoms with Crippen LogP contribution in [0, 0.1) is 0 Å². The topological polar surface area (TPSA) is 81.1 Å². The fraction of sp³-hybridized carbons (Fsp3) is 0.650. The minimum Gasteiger partial charge on any atom is -0.350 e. The average Bonchev–Trinajstić information content (AvgIpc) is 2.48. The van der Waals surface area contributed by atoms with Crippen molar-refractivity contribution in [1.29, 1.82) is 0 Å². The Hall–Kier alpha value is -1.39. The molecule has 1 aromatic carbocycles. The lowest BCUT2D eigenvalue weighted by molar-refractivity contribution is 0.0950. The van der Waals surface area contributed by atoms with E-state index >= 15 is 0 Å². The summed E-state index contributed by atoms with van der Waals surface area (Å²) < 4.78 is 0. The van der Waals surface area contributed by atoms with E-state index in [9.17, 15) is 4.79 Å². The van der Waals surface area contributed by atoms with Crippen LogP contribution in [0.2, 0.25) is 0 Å². The number of amides is 1. The van der Waals surface area contributed by atoms with Gasteiger partial charge in [-0.15, -0.1) is 0 Å². The smallest absolute Gasteiger partial charge is 0.251 e. The van der Waals surface area contributed by atoms with Gasteiger partial charge >= 0.3 is 0 Å². The van der Waals surface area contributed by atoms with Crippen molar-refractivity contribution in [3.63, 3.8) is 0 Å². The molecule has 0 aromatic heterocycles. The van der Waals surface area contributed by atoms with Crippen molar-refractivity contribution in [1.82, 2.24) is 5.32 Å². The van der Waals surface area contributed by atoms with Crippen LogP contribution in [0.5, 0.6) is 0 Å². The van der Waals surface area contributed by atoms with Crippen molar-refractivity contribution in [3.8, 4) is 0 Å². The summed E-state index contributed by atoms with van der Waals surface area (Å²) in [5, 5.41) is 2.96. The van der Waals surface area contributed by atoms with E-state index in [1.165, 1.54) is 11.1 Å². The Morgan fingerprint density at radius 2 is 1.54 bits per heavy atom. The molecule has 0 aliphatic rings. The molecule has 4 heteroatoms. The molecule has 1 atom stereocenters. The standard InChI is InChI=1S/C20H35N3O/c1-19(2,3)15-10-14(11-16(12-15)20(4,5)6)18(24)23-13-17(22)8-7-9-21/h10-12,17H,7-9,13,21-22H2,1-6H3,(H,23,24)/t17-/m0/s1. The molecule has 1 amide bonds. The van der Waals surface area contributed by atoms with Crippen LogP contribution in [-0.2, 0) is 10.8 Å². The van der Waals surface area contributed by atoms with Gasteiger partial charge in [0.1, 0.15) is 0 Å². The number of hydrogen-bond acceptors (Lipinski definition) is 3. The van der Waals surface area contributed by atoms with Gasteiger partial charge in [0.2, 0.25) is 0 Å². The number of carbonyl (C=O) groups excluding carboxylic acids is 1. The van der Waals surface area contributed by atoms with Crippen molar-refractivity contribution in [2.45, 2.75) is 71.3 Å². The Balaban J connectivity index is 2.99. The zero-order chi connectivity index (χ0) is 18.5. The lowest BCUT2D eigenvalue weighted by atomic mass is 9.79. The second-order valence-electron chi connectivity index (χ2n) is 8.70. The van der Waals surface area contributed by atoms with Crippen LogP contribution in [0.15, 0.2) is 18.2 Å². The summed E-state index contributed by atoms with van der Waals surface area (Å²) in [6.07, 6.45) is 1.71. The maximum absolute atomic E-state index is 12.6. The van der Waals surface area contributed by atoms with Crippen LogP contribution < -0.4 is 16.8 Å². The van der Waals surface area contributed by atoms with Gasteiger partial charge < -0.3 is 16.8 Å². The number of nitrogens with two attached hydrogens (primary N) is 2. The molecular formula is C20H35N3O. The highest BCUT2D eigenvalue weighted by Crippen LogP contribution is 2.30. The quantitative estimate of drug-likeness (QED) is 0.748. The van der Waals surface area contributed by atoms with Crippen LogP contribution in [0.3, 0.4) is 0 Å². The highest BCUT2D eigenvalue weighted by molar-refractivity contribution is 5.94. The molecule has 4 nitrogen and oxygen atoms in total. The van der Waals surface area contributed by atoms with Gasteiger partial charge in [0.05, 0.1) is 0 Å². The van der Waals surface area contributed by atoms with E-state index in [-0.39, 0.29) is 22.8 Å². The van der Waals surface area contributed by atoms with E-state index in [1.54, 1.807) is 0 Å². The van der Waals surface area contributed by atoms with E-state index in [0.717, 1.165) is 12.8 Å². The Labute approximate surface area is 147 Å². The predicted molar refractivity (Wildman–Crippen MR) is 102 cm³/mol. The van der Waals surface area contributed by atoms with Crippen molar-refractivity contribution in [2.75, 3.05) is 13.1 Å². The highest BCUT2D eigenvalue weighted by Gasteiger charge is 2.22. The van der Waals surface area contributed by atoms with Gasteiger partial charge in [0, 0.05) is 18.2 Å². The third-order valence-corrected chi connectivity index (χ3v) is 4.23. The Kier molecular flexibility index (Phi) is 6.99. The molecule has 1 rings (SSSR count). The van der Waals surface area contributed by atoms with E-state index in [1.807, 2.05) is 12.1 Å². The molecule has 0 bridgehead atoms. The van der Waals surface area contributed by atoms with E-state index in [0.29, 0.717) is 18.7 Å². The first-order chi connectivity index (χ1) is 10.9. The summed E-state index contributed by atoms with van der Waals surface area (Å²) in [5.41, 5.74) is 14.6. The molecule has 136 valence electrons. The third-order valence-electron chi connectivity index (χ3n) is 4.23. The zero-order valence-electron chi connectivity index (χ0n) is 16.2. The third kappa shape index (κ3) is 6.25. The monoisotopic (exact) mass is 333 g/mol. The zero-order valence-corrected chi connectivity index (χ0v) is 16.2. The van der Waals surface area contributed by atoms with Gasteiger partial charge in [-0.25, -0.2) is 0 Å². The summed E-state index contributed by atoms with van der Waals surface area (Å²) >= 11 is 0. The molecule has 0 aliphatic heterocycles. The lowest BCUT2D eigenvalue weighted by Crippen LogP contribution is -2.37. The molecule has 0 saturated heterocycles. The van der Waals surface area contributed by atoms with Gasteiger partial charge in [-0.1, -0.05) is 47.6 Å². The number of rotatable bonds is 6. The molecule has 0 unspecified atom stereocenters. The molecule has 1 aromatic rings. The molecule has 24 heavy (non-hydrogen) atoms. The second kappa shape index (κ2) is 8.13. The normalized spacial score (nSPS) is 13.7. The van der Waals surface area contributed by atoms with Crippen LogP contribution in [0.1, 0.15) is 75.9 Å². The number of hydrogen-bond donors (Lipinski definition) is 3. The Morgan fingerprint density at radius 1 is 1.04 bits per heavy atom. The molecule has 0 aliphatic carbocycles. The molecule has 0 radical (unpaired) electrons. The lowest BCUT2D eigenvalue weighted by Gasteiger charge is -2.26. The Bertz CT molecular complexity index is 521. The maximum Gasteiger partial charge on any atom is 0.251 e. The van der Waals surface area contributed by atoms with E-state index < -0.39 is 0 Å². The summed E-state index contributed by atoms with van der Waals surface area (Å²) in [7, 11) is 0. The first kappa shape index (κ1) is 20.7. The minimum absolute atomic E-state index is 0.00613. The van der Waals surface area contributed by atoms with Gasteiger partial charge in [0.15, 0.2) is 0 Å². The van der Waals surface area contributed by atoms with Crippen molar-refractivity contribution in [3.05, 3.63) is 34.9 Å². The fourth-order valence-electron chi connectivity index (χ4n) is 2.43. The maximum atomic E-state index is 12.6. The Morgan fingerprint density at radius 3 is 1.96 bits per heavy atom. The number of nitrogens with one attached hydrogen (secondary N) is 1. The van der Waals surface area contributed by atoms with E-state index in [4.69, 9.17) is 11.5 Å². The summed E-state index contributed by atoms with van der Waals surface area (Å²) in [5.74, 6) is -0.0604. The predicted octanol–water partition coefficient (Wildman–Crippen LogP) is 3.08. The van der Waals surface area contributed by atoms with Gasteiger partial charge in [-0.05, 0) is 53.5 Å². The highest BCUT2D eigenvalue weighted by atomic mass is 16.1. The molecule has 5 N–H and O–H groups in total. The van der Waals surface area contributed by atoms with Crippen molar-refractivity contribution < 1.29 is 4.79 Å². The SMILES string of the molecule is CC(C)(C)c1cc(C(=O)NC[C@@H](N)CCCN)cc(C(C)(C)C)c1. The first-order valence-electron chi connectivity index (χ1n) is 8.85. The molecular weight excluding hydrogens is 298 g/mol. The molecule has 0 spiro atoms. The van der Waals surface area contributed by atoms with Crippen molar-refractivity contribution >= 4 is 5.91 Å². The van der Waals surface area contributed by atoms with Crippen LogP contribution in [-0.4, -0.2) is 25.0 Å². The minimum atomic E-state index is -0.0604. The number of benzene rings is 1. The van der Waals surface area contributed by atoms with Gasteiger partial charge in [-0.2, -0.15) is 0 Å². The summed E-state index contributed by atoms with van der Waals surface area (Å²) in [4.78, 5) is 12.6. The van der Waals surface area contributed by atoms with Crippen LogP contribution >= 0.6 is 0 Å². The summed E-state index contributed by atoms with van der Waals surface area (Å²) in [6.45, 7) is 14.1. The second-order valence-corrected chi connectivity index (χ2v) is 8.70. The van der Waals surface area contributed by atoms with Crippen LogP contribution in [0.25, 0.3) is 0 Å².